The van der Waals surface area contributed by atoms with E-state index >= 15 is 0 Å². The highest BCUT2D eigenvalue weighted by atomic mass is 19.4. The number of nitrogens with zero attached hydrogens (tertiary/aromatic N) is 5. The van der Waals surface area contributed by atoms with Gasteiger partial charge in [0.2, 0.25) is 5.95 Å². The largest absolute Gasteiger partial charge is 0.417 e. The molecule has 2 aromatic rings. The fraction of sp³-hybridized carbons (Fsp3) is 0.421. The second-order valence-electron chi connectivity index (χ2n) is 6.98. The summed E-state index contributed by atoms with van der Waals surface area (Å²) >= 11 is 0. The van der Waals surface area contributed by atoms with Gasteiger partial charge in [-0.2, -0.15) is 13.2 Å². The Balaban J connectivity index is 1.33. The fourth-order valence-electron chi connectivity index (χ4n) is 3.68. The zero-order valence-corrected chi connectivity index (χ0v) is 15.1. The topological polar surface area (TPSA) is 52.6 Å². The van der Waals surface area contributed by atoms with Gasteiger partial charge in [0.05, 0.1) is 11.1 Å². The molecule has 6 nitrogen and oxygen atoms in total. The lowest BCUT2D eigenvalue weighted by Crippen LogP contribution is -2.64. The van der Waals surface area contributed by atoms with E-state index in [1.165, 1.54) is 23.1 Å². The summed E-state index contributed by atoms with van der Waals surface area (Å²) in [5.74, 6) is 0.150. The van der Waals surface area contributed by atoms with Crippen molar-refractivity contribution in [1.29, 1.82) is 0 Å². The number of carbonyl (C=O) groups excluding carboxylic acids is 1. The summed E-state index contributed by atoms with van der Waals surface area (Å²) in [6.45, 7) is 4.09. The van der Waals surface area contributed by atoms with Crippen LogP contribution in [-0.4, -0.2) is 71.0 Å². The molecule has 148 valence electrons. The second-order valence-corrected chi connectivity index (χ2v) is 6.98. The molecule has 0 aliphatic carbocycles. The number of hydrogen-bond donors (Lipinski definition) is 0. The molecule has 2 saturated heterocycles. The van der Waals surface area contributed by atoms with Gasteiger partial charge in [-0.1, -0.05) is 12.1 Å². The maximum Gasteiger partial charge on any atom is 0.417 e. The fourth-order valence-corrected chi connectivity index (χ4v) is 3.68. The molecule has 0 saturated carbocycles. The van der Waals surface area contributed by atoms with Crippen LogP contribution in [0.1, 0.15) is 15.9 Å². The third-order valence-corrected chi connectivity index (χ3v) is 5.28. The van der Waals surface area contributed by atoms with E-state index in [2.05, 4.69) is 19.8 Å². The van der Waals surface area contributed by atoms with E-state index in [4.69, 9.17) is 0 Å². The zero-order chi connectivity index (χ0) is 19.7. The predicted molar refractivity (Wildman–Crippen MR) is 97.0 cm³/mol. The molecule has 2 aliphatic rings. The minimum absolute atomic E-state index is 0.181. The van der Waals surface area contributed by atoms with Crippen molar-refractivity contribution in [2.24, 2.45) is 0 Å². The van der Waals surface area contributed by atoms with Crippen molar-refractivity contribution in [1.82, 2.24) is 19.8 Å². The SMILES string of the molecule is O=C(c1ccccc1C(F)(F)F)N1CC(N2CCN(c3ncccn3)CC2)C1. The number of piperazine rings is 1. The zero-order valence-electron chi connectivity index (χ0n) is 15.1. The maximum atomic E-state index is 13.1. The summed E-state index contributed by atoms with van der Waals surface area (Å²) in [7, 11) is 0. The maximum absolute atomic E-state index is 13.1. The van der Waals surface area contributed by atoms with Gasteiger partial charge in [0.15, 0.2) is 0 Å². The third kappa shape index (κ3) is 3.66. The number of hydrogen-bond acceptors (Lipinski definition) is 5. The van der Waals surface area contributed by atoms with Crippen molar-refractivity contribution >= 4 is 11.9 Å². The van der Waals surface area contributed by atoms with E-state index in [1.54, 1.807) is 18.5 Å². The monoisotopic (exact) mass is 391 g/mol. The molecule has 28 heavy (non-hydrogen) atoms. The van der Waals surface area contributed by atoms with Crippen molar-refractivity contribution in [2.45, 2.75) is 12.2 Å². The van der Waals surface area contributed by atoms with Gasteiger partial charge in [-0.25, -0.2) is 9.97 Å². The Labute approximate surface area is 160 Å². The number of anilines is 1. The van der Waals surface area contributed by atoms with Crippen LogP contribution in [0, 0.1) is 0 Å². The molecule has 0 radical (unpaired) electrons. The van der Waals surface area contributed by atoms with E-state index in [0.29, 0.717) is 19.0 Å². The Bertz CT molecular complexity index is 831. The van der Waals surface area contributed by atoms with Gasteiger partial charge in [-0.15, -0.1) is 0 Å². The molecular weight excluding hydrogens is 371 g/mol. The number of aromatic nitrogens is 2. The average Bonchev–Trinajstić information content (AvgIpc) is 2.67. The number of amides is 1. The van der Waals surface area contributed by atoms with Gasteiger partial charge in [0, 0.05) is 57.7 Å². The molecule has 4 rings (SSSR count). The first kappa shape index (κ1) is 18.7. The second kappa shape index (κ2) is 7.38. The van der Waals surface area contributed by atoms with Crippen LogP contribution >= 0.6 is 0 Å². The predicted octanol–water partition coefficient (Wildman–Crippen LogP) is 2.14. The van der Waals surface area contributed by atoms with Gasteiger partial charge in [0.1, 0.15) is 0 Å². The molecule has 2 fully saturated rings. The minimum atomic E-state index is -4.54. The van der Waals surface area contributed by atoms with E-state index in [0.717, 1.165) is 32.2 Å². The summed E-state index contributed by atoms with van der Waals surface area (Å²) in [6.07, 6.45) is -1.11. The number of likely N-dealkylation sites (tertiary alicyclic amines) is 1. The Morgan fingerprint density at radius 1 is 0.964 bits per heavy atom. The average molecular weight is 391 g/mol. The van der Waals surface area contributed by atoms with Gasteiger partial charge >= 0.3 is 6.18 Å². The molecule has 0 spiro atoms. The normalized spacial score (nSPS) is 18.8. The lowest BCUT2D eigenvalue weighted by molar-refractivity contribution is -0.138. The van der Waals surface area contributed by atoms with Crippen LogP contribution in [0.3, 0.4) is 0 Å². The van der Waals surface area contributed by atoms with Gasteiger partial charge < -0.3 is 9.80 Å². The number of benzene rings is 1. The lowest BCUT2D eigenvalue weighted by atomic mass is 10.0. The molecule has 3 heterocycles. The Kier molecular flexibility index (Phi) is 4.92. The highest BCUT2D eigenvalue weighted by Crippen LogP contribution is 2.33. The van der Waals surface area contributed by atoms with E-state index in [1.807, 2.05) is 0 Å². The van der Waals surface area contributed by atoms with Crippen LogP contribution in [0.25, 0.3) is 0 Å². The molecule has 0 atom stereocenters. The Morgan fingerprint density at radius 3 is 2.25 bits per heavy atom. The summed E-state index contributed by atoms with van der Waals surface area (Å²) < 4.78 is 39.4. The Hall–Kier alpha value is -2.68. The van der Waals surface area contributed by atoms with Crippen molar-refractivity contribution in [3.8, 4) is 0 Å². The summed E-state index contributed by atoms with van der Waals surface area (Å²) in [5, 5.41) is 0. The van der Waals surface area contributed by atoms with Crippen LogP contribution in [0.15, 0.2) is 42.7 Å². The number of halogens is 3. The van der Waals surface area contributed by atoms with Crippen LogP contribution in [0.2, 0.25) is 0 Å². The molecule has 0 N–H and O–H groups in total. The molecule has 0 unspecified atom stereocenters. The highest BCUT2D eigenvalue weighted by Gasteiger charge is 2.40. The van der Waals surface area contributed by atoms with Crippen LogP contribution < -0.4 is 4.90 Å². The highest BCUT2D eigenvalue weighted by molar-refractivity contribution is 5.96. The quantitative estimate of drug-likeness (QED) is 0.803. The van der Waals surface area contributed by atoms with Crippen molar-refractivity contribution in [2.75, 3.05) is 44.2 Å². The van der Waals surface area contributed by atoms with Gasteiger partial charge in [-0.05, 0) is 18.2 Å². The minimum Gasteiger partial charge on any atom is -0.338 e. The van der Waals surface area contributed by atoms with Crippen molar-refractivity contribution in [3.05, 3.63) is 53.9 Å². The smallest absolute Gasteiger partial charge is 0.338 e. The molecular formula is C19H20F3N5O. The molecule has 1 aromatic heterocycles. The molecule has 0 bridgehead atoms. The first-order chi connectivity index (χ1) is 13.4. The molecule has 9 heteroatoms. The first-order valence-corrected chi connectivity index (χ1v) is 9.15. The standard InChI is InChI=1S/C19H20F3N5O/c20-19(21,22)16-5-2-1-4-15(16)17(28)27-12-14(13-27)25-8-10-26(11-9-25)18-23-6-3-7-24-18/h1-7,14H,8-13H2. The Morgan fingerprint density at radius 2 is 1.61 bits per heavy atom. The summed E-state index contributed by atoms with van der Waals surface area (Å²) in [4.78, 5) is 26.9. The van der Waals surface area contributed by atoms with Crippen molar-refractivity contribution in [3.63, 3.8) is 0 Å². The van der Waals surface area contributed by atoms with Crippen LogP contribution in [0.5, 0.6) is 0 Å². The van der Waals surface area contributed by atoms with Crippen molar-refractivity contribution < 1.29 is 18.0 Å². The van der Waals surface area contributed by atoms with Crippen LogP contribution in [0.4, 0.5) is 19.1 Å². The number of carbonyl (C=O) groups is 1. The van der Waals surface area contributed by atoms with E-state index in [-0.39, 0.29) is 11.6 Å². The molecule has 1 aromatic carbocycles. The van der Waals surface area contributed by atoms with Gasteiger partial charge in [-0.3, -0.25) is 9.69 Å². The molecule has 2 aliphatic heterocycles. The van der Waals surface area contributed by atoms with E-state index in [9.17, 15) is 18.0 Å². The summed E-state index contributed by atoms with van der Waals surface area (Å²) in [5.41, 5.74) is -1.15. The number of alkyl halides is 3. The first-order valence-electron chi connectivity index (χ1n) is 9.15. The van der Waals surface area contributed by atoms with Gasteiger partial charge in [0.25, 0.3) is 5.91 Å². The number of rotatable bonds is 3. The summed E-state index contributed by atoms with van der Waals surface area (Å²) in [6, 6.07) is 6.92. The molecule has 1 amide bonds. The lowest BCUT2D eigenvalue weighted by Gasteiger charge is -2.48. The van der Waals surface area contributed by atoms with E-state index < -0.39 is 17.6 Å². The van der Waals surface area contributed by atoms with Crippen LogP contribution in [-0.2, 0) is 6.18 Å². The third-order valence-electron chi connectivity index (χ3n) is 5.28.